The van der Waals surface area contributed by atoms with Crippen molar-refractivity contribution >= 4 is 39.2 Å². The molecule has 1 amide bonds. The highest BCUT2D eigenvalue weighted by Gasteiger charge is 2.48. The van der Waals surface area contributed by atoms with Gasteiger partial charge >= 0.3 is 5.91 Å². The predicted molar refractivity (Wildman–Crippen MR) is 134 cm³/mol. The Kier molecular flexibility index (Phi) is 6.46. The number of nitrogens with zero attached hydrogens (tertiary/aromatic N) is 2. The predicted octanol–water partition coefficient (Wildman–Crippen LogP) is 5.38. The topological polar surface area (TPSA) is 102 Å². The molecule has 1 aromatic heterocycles. The van der Waals surface area contributed by atoms with Gasteiger partial charge in [0.15, 0.2) is 17.3 Å². The van der Waals surface area contributed by atoms with Crippen molar-refractivity contribution in [3.8, 4) is 11.5 Å². The van der Waals surface area contributed by atoms with Gasteiger partial charge in [0, 0.05) is 21.5 Å². The molecule has 1 saturated heterocycles. The maximum Gasteiger partial charge on any atom is 0.301 e. The molecule has 35 heavy (non-hydrogen) atoms. The summed E-state index contributed by atoms with van der Waals surface area (Å²) in [6.07, 6.45) is 0. The number of methoxy groups -OCH3 is 2. The Bertz CT molecular complexity index is 1320. The van der Waals surface area contributed by atoms with E-state index >= 15 is 0 Å². The lowest BCUT2D eigenvalue weighted by Gasteiger charge is -2.23. The summed E-state index contributed by atoms with van der Waals surface area (Å²) in [6, 6.07) is 12.5. The summed E-state index contributed by atoms with van der Waals surface area (Å²) in [5.74, 6) is -0.326. The van der Waals surface area contributed by atoms with Gasteiger partial charge in [0.05, 0.1) is 25.8 Å². The maximum absolute atomic E-state index is 13.3. The number of hydrogen-bond donors (Lipinski definition) is 1. The van der Waals surface area contributed by atoms with E-state index in [0.717, 1.165) is 4.47 Å². The number of amides is 1. The summed E-state index contributed by atoms with van der Waals surface area (Å²) >= 11 is 3.36. The van der Waals surface area contributed by atoms with Crippen molar-refractivity contribution in [1.82, 2.24) is 5.16 Å². The fourth-order valence-corrected chi connectivity index (χ4v) is 4.17. The van der Waals surface area contributed by atoms with Crippen LogP contribution in [0.4, 0.5) is 5.82 Å². The third kappa shape index (κ3) is 4.43. The Morgan fingerprint density at radius 2 is 1.69 bits per heavy atom. The summed E-state index contributed by atoms with van der Waals surface area (Å²) in [4.78, 5) is 27.9. The van der Waals surface area contributed by atoms with Gasteiger partial charge in [-0.25, -0.2) is 0 Å². The number of anilines is 1. The number of halogens is 1. The molecule has 0 aliphatic carbocycles. The van der Waals surface area contributed by atoms with E-state index in [9.17, 15) is 14.7 Å². The molecule has 1 aliphatic rings. The van der Waals surface area contributed by atoms with Crippen molar-refractivity contribution in [3.05, 3.63) is 75.5 Å². The standard InChI is InChI=1S/C26H25BrN2O6/c1-26(2,3)19-13-20(28-35-19)29-22(15-8-11-17(33-4)18(12-15)34-5)21(24(31)25(29)32)23(30)14-6-9-16(27)10-7-14/h6-13,22,30H,1-5H3/b23-21-. The lowest BCUT2D eigenvalue weighted by Crippen LogP contribution is -2.29. The number of Topliss-reactive ketones (excluding diaryl/α,β-unsaturated/α-hetero) is 1. The van der Waals surface area contributed by atoms with Crippen LogP contribution in [0, 0.1) is 0 Å². The number of ketones is 1. The summed E-state index contributed by atoms with van der Waals surface area (Å²) in [5.41, 5.74) is 0.493. The summed E-state index contributed by atoms with van der Waals surface area (Å²) in [5, 5.41) is 15.3. The minimum Gasteiger partial charge on any atom is -0.507 e. The minimum atomic E-state index is -0.976. The molecule has 3 aromatic rings. The van der Waals surface area contributed by atoms with Gasteiger partial charge in [0.25, 0.3) is 5.78 Å². The monoisotopic (exact) mass is 540 g/mol. The van der Waals surface area contributed by atoms with Crippen LogP contribution in [-0.2, 0) is 15.0 Å². The van der Waals surface area contributed by atoms with E-state index in [1.165, 1.54) is 19.1 Å². The molecule has 1 aliphatic heterocycles. The van der Waals surface area contributed by atoms with Crippen LogP contribution in [0.3, 0.4) is 0 Å². The number of carbonyl (C=O) groups is 2. The van der Waals surface area contributed by atoms with Gasteiger partial charge in [-0.3, -0.25) is 14.5 Å². The van der Waals surface area contributed by atoms with Crippen LogP contribution in [0.2, 0.25) is 0 Å². The van der Waals surface area contributed by atoms with E-state index in [1.807, 2.05) is 20.8 Å². The smallest absolute Gasteiger partial charge is 0.301 e. The van der Waals surface area contributed by atoms with Gasteiger partial charge in [-0.2, -0.15) is 0 Å². The molecule has 1 N–H and O–H groups in total. The normalized spacial score (nSPS) is 17.7. The van der Waals surface area contributed by atoms with Gasteiger partial charge in [-0.1, -0.05) is 60.1 Å². The van der Waals surface area contributed by atoms with Crippen molar-refractivity contribution < 1.29 is 28.7 Å². The zero-order valence-corrected chi connectivity index (χ0v) is 21.5. The van der Waals surface area contributed by atoms with Crippen LogP contribution < -0.4 is 14.4 Å². The SMILES string of the molecule is COc1ccc(C2/C(=C(/O)c3ccc(Br)cc3)C(=O)C(=O)N2c2cc(C(C)(C)C)on2)cc1OC. The van der Waals surface area contributed by atoms with Gasteiger partial charge < -0.3 is 19.1 Å². The Hall–Kier alpha value is -3.59. The molecule has 4 rings (SSSR count). The highest BCUT2D eigenvalue weighted by Crippen LogP contribution is 2.44. The highest BCUT2D eigenvalue weighted by molar-refractivity contribution is 9.10. The summed E-state index contributed by atoms with van der Waals surface area (Å²) < 4.78 is 17.1. The molecular weight excluding hydrogens is 516 g/mol. The van der Waals surface area contributed by atoms with Crippen LogP contribution in [-0.4, -0.2) is 36.2 Å². The Morgan fingerprint density at radius 3 is 2.26 bits per heavy atom. The van der Waals surface area contributed by atoms with Gasteiger partial charge in [-0.15, -0.1) is 0 Å². The van der Waals surface area contributed by atoms with E-state index in [-0.39, 0.29) is 22.6 Å². The van der Waals surface area contributed by atoms with Crippen molar-refractivity contribution in [1.29, 1.82) is 0 Å². The second-order valence-corrected chi connectivity index (χ2v) is 10.0. The second-order valence-electron chi connectivity index (χ2n) is 9.09. The molecule has 2 aromatic carbocycles. The molecule has 8 nitrogen and oxygen atoms in total. The second kappa shape index (κ2) is 9.22. The molecule has 0 saturated carbocycles. The summed E-state index contributed by atoms with van der Waals surface area (Å²) in [6.45, 7) is 5.85. The van der Waals surface area contributed by atoms with Crippen molar-refractivity contribution in [2.45, 2.75) is 32.2 Å². The van der Waals surface area contributed by atoms with Crippen molar-refractivity contribution in [2.75, 3.05) is 19.1 Å². The lowest BCUT2D eigenvalue weighted by molar-refractivity contribution is -0.132. The molecule has 0 bridgehead atoms. The highest BCUT2D eigenvalue weighted by atomic mass is 79.9. The fourth-order valence-electron chi connectivity index (χ4n) is 3.90. The largest absolute Gasteiger partial charge is 0.507 e. The first kappa shape index (κ1) is 24.5. The third-order valence-electron chi connectivity index (χ3n) is 5.77. The number of aromatic nitrogens is 1. The quantitative estimate of drug-likeness (QED) is 0.263. The Labute approximate surface area is 211 Å². The molecule has 2 heterocycles. The van der Waals surface area contributed by atoms with E-state index in [4.69, 9.17) is 14.0 Å². The Morgan fingerprint density at radius 1 is 1.03 bits per heavy atom. The number of aliphatic hydroxyl groups excluding tert-OH is 1. The summed E-state index contributed by atoms with van der Waals surface area (Å²) in [7, 11) is 3.01. The third-order valence-corrected chi connectivity index (χ3v) is 6.30. The van der Waals surface area contributed by atoms with E-state index in [0.29, 0.717) is 28.4 Å². The van der Waals surface area contributed by atoms with Crippen LogP contribution in [0.1, 0.15) is 43.7 Å². The Balaban J connectivity index is 1.95. The minimum absolute atomic E-state index is 0.0650. The van der Waals surface area contributed by atoms with Gasteiger partial charge in [0.2, 0.25) is 0 Å². The number of rotatable bonds is 5. The first-order chi connectivity index (χ1) is 16.6. The zero-order chi connectivity index (χ0) is 25.5. The van der Waals surface area contributed by atoms with Crippen LogP contribution in [0.5, 0.6) is 11.5 Å². The lowest BCUT2D eigenvalue weighted by atomic mass is 9.93. The van der Waals surface area contributed by atoms with Gasteiger partial charge in [0.1, 0.15) is 11.5 Å². The number of benzene rings is 2. The molecule has 1 unspecified atom stereocenters. The average Bonchev–Trinajstić information content (AvgIpc) is 3.42. The van der Waals surface area contributed by atoms with Crippen molar-refractivity contribution in [3.63, 3.8) is 0 Å². The van der Waals surface area contributed by atoms with Crippen LogP contribution in [0.15, 0.2) is 63.1 Å². The molecular formula is C26H25BrN2O6. The maximum atomic E-state index is 13.3. The number of aliphatic hydroxyl groups is 1. The van der Waals surface area contributed by atoms with Gasteiger partial charge in [-0.05, 0) is 29.8 Å². The first-order valence-electron chi connectivity index (χ1n) is 10.8. The van der Waals surface area contributed by atoms with E-state index in [2.05, 4.69) is 21.1 Å². The molecule has 1 fully saturated rings. The van der Waals surface area contributed by atoms with Crippen molar-refractivity contribution in [2.24, 2.45) is 0 Å². The molecule has 0 spiro atoms. The first-order valence-corrected chi connectivity index (χ1v) is 11.6. The number of carbonyl (C=O) groups excluding carboxylic acids is 2. The van der Waals surface area contributed by atoms with E-state index in [1.54, 1.807) is 48.5 Å². The zero-order valence-electron chi connectivity index (χ0n) is 20.0. The fraction of sp³-hybridized carbons (Fsp3) is 0.269. The number of hydrogen-bond acceptors (Lipinski definition) is 7. The number of ether oxygens (including phenoxy) is 2. The molecule has 1 atom stereocenters. The average molecular weight is 541 g/mol. The molecule has 9 heteroatoms. The molecule has 182 valence electrons. The molecule has 0 radical (unpaired) electrons. The van der Waals surface area contributed by atoms with Crippen LogP contribution in [0.25, 0.3) is 5.76 Å². The van der Waals surface area contributed by atoms with Crippen LogP contribution >= 0.6 is 15.9 Å². The van der Waals surface area contributed by atoms with E-state index < -0.39 is 17.7 Å².